The van der Waals surface area contributed by atoms with E-state index in [9.17, 15) is 4.79 Å². The van der Waals surface area contributed by atoms with Crippen molar-refractivity contribution in [2.24, 2.45) is 5.73 Å². The zero-order valence-corrected chi connectivity index (χ0v) is 11.0. The smallest absolute Gasteiger partial charge is 0.221 e. The second kappa shape index (κ2) is 5.82. The summed E-state index contributed by atoms with van der Waals surface area (Å²) in [6.45, 7) is 3.77. The number of hydrogen-bond donors (Lipinski definition) is 2. The van der Waals surface area contributed by atoms with Crippen molar-refractivity contribution in [3.8, 4) is 0 Å². The van der Waals surface area contributed by atoms with Gasteiger partial charge in [0.1, 0.15) is 5.76 Å². The van der Waals surface area contributed by atoms with Crippen molar-refractivity contribution in [3.63, 3.8) is 0 Å². The molecule has 1 unspecified atom stereocenters. The van der Waals surface area contributed by atoms with Crippen LogP contribution in [0.1, 0.15) is 32.4 Å². The Morgan fingerprint density at radius 1 is 1.65 bits per heavy atom. The Morgan fingerprint density at radius 2 is 2.35 bits per heavy atom. The number of aryl methyl sites for hydroxylation is 1. The van der Waals surface area contributed by atoms with Crippen molar-refractivity contribution < 1.29 is 9.21 Å². The van der Waals surface area contributed by atoms with Crippen molar-refractivity contribution in [2.75, 3.05) is 0 Å². The van der Waals surface area contributed by atoms with Crippen LogP contribution in [0.4, 0.5) is 0 Å². The maximum atomic E-state index is 11.7. The number of nitrogens with one attached hydrogen (secondary N) is 1. The van der Waals surface area contributed by atoms with Crippen LogP contribution in [-0.4, -0.2) is 16.4 Å². The van der Waals surface area contributed by atoms with E-state index in [-0.39, 0.29) is 5.91 Å². The number of furan rings is 1. The zero-order valence-electron chi connectivity index (χ0n) is 10.2. The molecule has 0 aromatic carbocycles. The van der Waals surface area contributed by atoms with Crippen molar-refractivity contribution in [1.29, 1.82) is 0 Å². The molecule has 0 bridgehead atoms. The predicted octanol–water partition coefficient (Wildman–Crippen LogP) is 1.78. The molecule has 1 heterocycles. The number of carbonyl (C=O) groups excluding carboxylic acids is 1. The predicted molar refractivity (Wildman–Crippen MR) is 70.7 cm³/mol. The van der Waals surface area contributed by atoms with Crippen LogP contribution in [0.2, 0.25) is 0 Å². The van der Waals surface area contributed by atoms with E-state index in [2.05, 4.69) is 5.32 Å². The number of nitrogens with two attached hydrogens (primary N) is 1. The lowest BCUT2D eigenvalue weighted by Gasteiger charge is -2.28. The maximum Gasteiger partial charge on any atom is 0.221 e. The van der Waals surface area contributed by atoms with Crippen molar-refractivity contribution >= 4 is 23.1 Å². The summed E-state index contributed by atoms with van der Waals surface area (Å²) >= 11 is 4.96. The fraction of sp³-hybridized carbons (Fsp3) is 0.500. The van der Waals surface area contributed by atoms with E-state index in [1.165, 1.54) is 0 Å². The summed E-state index contributed by atoms with van der Waals surface area (Å²) in [4.78, 5) is 12.1. The van der Waals surface area contributed by atoms with Crippen LogP contribution >= 0.6 is 12.2 Å². The Labute approximate surface area is 107 Å². The minimum Gasteiger partial charge on any atom is -0.469 e. The van der Waals surface area contributed by atoms with E-state index in [1.54, 1.807) is 12.3 Å². The van der Waals surface area contributed by atoms with E-state index in [0.29, 0.717) is 24.3 Å². The van der Waals surface area contributed by atoms with Gasteiger partial charge >= 0.3 is 0 Å². The molecule has 1 rings (SSSR count). The monoisotopic (exact) mass is 254 g/mol. The van der Waals surface area contributed by atoms with Gasteiger partial charge in [-0.05, 0) is 25.5 Å². The standard InChI is InChI=1S/C12H18N2O2S/c1-3-12(2,11(13)17)14-10(15)7-6-9-5-4-8-16-9/h4-5,8H,3,6-7H2,1-2H3,(H2,13,17)(H,14,15). The molecule has 1 aromatic rings. The molecule has 1 amide bonds. The van der Waals surface area contributed by atoms with E-state index >= 15 is 0 Å². The Morgan fingerprint density at radius 3 is 2.82 bits per heavy atom. The van der Waals surface area contributed by atoms with Gasteiger partial charge < -0.3 is 15.5 Å². The summed E-state index contributed by atoms with van der Waals surface area (Å²) in [5.41, 5.74) is 5.02. The third kappa shape index (κ3) is 3.85. The first kappa shape index (κ1) is 13.7. The third-order valence-electron chi connectivity index (χ3n) is 2.84. The topological polar surface area (TPSA) is 68.3 Å². The van der Waals surface area contributed by atoms with Crippen LogP contribution in [0.5, 0.6) is 0 Å². The summed E-state index contributed by atoms with van der Waals surface area (Å²) in [5, 5.41) is 2.86. The summed E-state index contributed by atoms with van der Waals surface area (Å²) < 4.78 is 5.16. The second-order valence-electron chi connectivity index (χ2n) is 4.18. The molecule has 17 heavy (non-hydrogen) atoms. The molecular formula is C12H18N2O2S. The molecule has 0 aliphatic heterocycles. The van der Waals surface area contributed by atoms with E-state index in [1.807, 2.05) is 19.9 Å². The molecule has 0 aliphatic carbocycles. The molecule has 3 N–H and O–H groups in total. The molecule has 0 saturated heterocycles. The molecular weight excluding hydrogens is 236 g/mol. The first-order valence-corrected chi connectivity index (χ1v) is 6.02. The fourth-order valence-corrected chi connectivity index (χ4v) is 1.58. The first-order chi connectivity index (χ1) is 7.98. The average Bonchev–Trinajstić information content (AvgIpc) is 2.78. The van der Waals surface area contributed by atoms with Crippen LogP contribution in [0.15, 0.2) is 22.8 Å². The summed E-state index contributed by atoms with van der Waals surface area (Å²) in [6, 6.07) is 3.65. The maximum absolute atomic E-state index is 11.7. The number of amides is 1. The highest BCUT2D eigenvalue weighted by molar-refractivity contribution is 7.80. The van der Waals surface area contributed by atoms with Crippen LogP contribution in [0, 0.1) is 0 Å². The van der Waals surface area contributed by atoms with Gasteiger partial charge in [0, 0.05) is 12.8 Å². The van der Waals surface area contributed by atoms with Crippen LogP contribution in [-0.2, 0) is 11.2 Å². The van der Waals surface area contributed by atoms with Gasteiger partial charge in [-0.1, -0.05) is 19.1 Å². The van der Waals surface area contributed by atoms with Crippen LogP contribution < -0.4 is 11.1 Å². The number of carbonyl (C=O) groups is 1. The van der Waals surface area contributed by atoms with E-state index in [4.69, 9.17) is 22.4 Å². The van der Waals surface area contributed by atoms with E-state index in [0.717, 1.165) is 5.76 Å². The largest absolute Gasteiger partial charge is 0.469 e. The number of hydrogen-bond acceptors (Lipinski definition) is 3. The molecule has 94 valence electrons. The fourth-order valence-electron chi connectivity index (χ4n) is 1.39. The Balaban J connectivity index is 2.46. The van der Waals surface area contributed by atoms with E-state index < -0.39 is 5.54 Å². The average molecular weight is 254 g/mol. The second-order valence-corrected chi connectivity index (χ2v) is 4.62. The quantitative estimate of drug-likeness (QED) is 0.759. The van der Waals surface area contributed by atoms with Crippen LogP contribution in [0.3, 0.4) is 0 Å². The van der Waals surface area contributed by atoms with Gasteiger partial charge in [0.05, 0.1) is 16.8 Å². The van der Waals surface area contributed by atoms with Crippen molar-refractivity contribution in [3.05, 3.63) is 24.2 Å². The molecule has 0 spiro atoms. The molecule has 4 nitrogen and oxygen atoms in total. The van der Waals surface area contributed by atoms with Crippen LogP contribution in [0.25, 0.3) is 0 Å². The Bertz CT molecular complexity index is 389. The lowest BCUT2D eigenvalue weighted by molar-refractivity contribution is -0.122. The molecule has 0 saturated carbocycles. The van der Waals surface area contributed by atoms with Crippen molar-refractivity contribution in [1.82, 2.24) is 5.32 Å². The van der Waals surface area contributed by atoms with Gasteiger partial charge in [-0.15, -0.1) is 0 Å². The lowest BCUT2D eigenvalue weighted by atomic mass is 9.98. The molecule has 1 atom stereocenters. The third-order valence-corrected chi connectivity index (χ3v) is 3.30. The van der Waals surface area contributed by atoms with Gasteiger partial charge in [-0.25, -0.2) is 0 Å². The highest BCUT2D eigenvalue weighted by Gasteiger charge is 2.27. The highest BCUT2D eigenvalue weighted by Crippen LogP contribution is 2.11. The number of rotatable bonds is 6. The SMILES string of the molecule is CCC(C)(NC(=O)CCc1ccco1)C(N)=S. The molecule has 0 aliphatic rings. The van der Waals surface area contributed by atoms with Gasteiger partial charge in [0.25, 0.3) is 0 Å². The van der Waals surface area contributed by atoms with Crippen molar-refractivity contribution in [2.45, 2.75) is 38.6 Å². The minimum atomic E-state index is -0.602. The summed E-state index contributed by atoms with van der Waals surface area (Å²) in [7, 11) is 0. The normalized spacial score (nSPS) is 14.0. The molecule has 0 fully saturated rings. The van der Waals surface area contributed by atoms with Gasteiger partial charge in [-0.2, -0.15) is 0 Å². The molecule has 5 heteroatoms. The van der Waals surface area contributed by atoms with Gasteiger partial charge in [-0.3, -0.25) is 4.79 Å². The summed E-state index contributed by atoms with van der Waals surface area (Å²) in [6.07, 6.45) is 3.22. The Kier molecular flexibility index (Phi) is 4.69. The van der Waals surface area contributed by atoms with Gasteiger partial charge in [0.15, 0.2) is 0 Å². The zero-order chi connectivity index (χ0) is 12.9. The lowest BCUT2D eigenvalue weighted by Crippen LogP contribution is -2.54. The Hall–Kier alpha value is -1.36. The molecule has 0 radical (unpaired) electrons. The highest BCUT2D eigenvalue weighted by atomic mass is 32.1. The molecule has 1 aromatic heterocycles. The van der Waals surface area contributed by atoms with Gasteiger partial charge in [0.2, 0.25) is 5.91 Å². The summed E-state index contributed by atoms with van der Waals surface area (Å²) in [5.74, 6) is 0.729. The first-order valence-electron chi connectivity index (χ1n) is 5.61. The minimum absolute atomic E-state index is 0.0708. The number of thiocarbonyl (C=S) groups is 1.